The van der Waals surface area contributed by atoms with Gasteiger partial charge >= 0.3 is 6.18 Å². The summed E-state index contributed by atoms with van der Waals surface area (Å²) < 4.78 is 38.8. The van der Waals surface area contributed by atoms with Gasteiger partial charge in [0.15, 0.2) is 0 Å². The highest BCUT2D eigenvalue weighted by atomic mass is 19.4. The number of rotatable bonds is 6. The van der Waals surface area contributed by atoms with E-state index in [1.807, 2.05) is 13.8 Å². The van der Waals surface area contributed by atoms with Gasteiger partial charge in [0.2, 0.25) is 0 Å². The number of allylic oxidation sites excluding steroid dienone is 1. The number of nitrogens with two attached hydrogens (primary N) is 1. The lowest BCUT2D eigenvalue weighted by molar-refractivity contribution is -0.137. The first kappa shape index (κ1) is 22.4. The van der Waals surface area contributed by atoms with Gasteiger partial charge in [0, 0.05) is 19.8 Å². The molecule has 9 heteroatoms. The monoisotopic (exact) mass is 409 g/mol. The number of aliphatic imine (C=N–C) groups is 2. The number of nitrogens with zero attached hydrogens (tertiary/aromatic N) is 3. The second kappa shape index (κ2) is 8.67. The maximum atomic E-state index is 12.9. The molecule has 0 aliphatic carbocycles. The molecule has 1 aliphatic heterocycles. The van der Waals surface area contributed by atoms with Crippen LogP contribution in [0.4, 0.5) is 13.2 Å². The Balaban J connectivity index is 2.11. The highest BCUT2D eigenvalue weighted by Crippen LogP contribution is 2.35. The summed E-state index contributed by atoms with van der Waals surface area (Å²) in [5, 5.41) is 2.79. The van der Waals surface area contributed by atoms with E-state index in [1.165, 1.54) is 19.2 Å². The summed E-state index contributed by atoms with van der Waals surface area (Å²) in [6, 6.07) is 4.63. The molecule has 0 bridgehead atoms. The molecule has 0 spiro atoms. The van der Waals surface area contributed by atoms with Crippen molar-refractivity contribution in [1.82, 2.24) is 10.2 Å². The van der Waals surface area contributed by atoms with Crippen LogP contribution >= 0.6 is 0 Å². The minimum absolute atomic E-state index is 0.0762. The van der Waals surface area contributed by atoms with Gasteiger partial charge < -0.3 is 16.0 Å². The number of hydrogen-bond acceptors (Lipinski definition) is 5. The Morgan fingerprint density at radius 1 is 1.34 bits per heavy atom. The molecular formula is C20H26F3N5O. The first-order valence-electron chi connectivity index (χ1n) is 9.18. The average molecular weight is 409 g/mol. The molecule has 2 unspecified atom stereocenters. The summed E-state index contributed by atoms with van der Waals surface area (Å²) in [4.78, 5) is 22.6. The van der Waals surface area contributed by atoms with E-state index in [-0.39, 0.29) is 11.6 Å². The third-order valence-corrected chi connectivity index (χ3v) is 4.67. The Bertz CT molecular complexity index is 858. The topological polar surface area (TPSA) is 83.1 Å². The van der Waals surface area contributed by atoms with Crippen molar-refractivity contribution in [3.63, 3.8) is 0 Å². The highest BCUT2D eigenvalue weighted by Gasteiger charge is 2.35. The van der Waals surface area contributed by atoms with Gasteiger partial charge in [0.05, 0.1) is 11.6 Å². The van der Waals surface area contributed by atoms with Crippen LogP contribution in [0.1, 0.15) is 38.1 Å². The van der Waals surface area contributed by atoms with Crippen molar-refractivity contribution >= 4 is 17.5 Å². The van der Waals surface area contributed by atoms with Crippen LogP contribution in [0.2, 0.25) is 0 Å². The van der Waals surface area contributed by atoms with Crippen LogP contribution in [0, 0.1) is 5.92 Å². The van der Waals surface area contributed by atoms with Crippen molar-refractivity contribution < 1.29 is 18.0 Å². The largest absolute Gasteiger partial charge is 0.416 e. The van der Waals surface area contributed by atoms with Gasteiger partial charge in [-0.2, -0.15) is 13.2 Å². The van der Waals surface area contributed by atoms with Crippen LogP contribution in [0.5, 0.6) is 0 Å². The molecule has 0 saturated heterocycles. The highest BCUT2D eigenvalue weighted by molar-refractivity contribution is 6.43. The predicted octanol–water partition coefficient (Wildman–Crippen LogP) is 3.12. The van der Waals surface area contributed by atoms with Crippen molar-refractivity contribution in [2.75, 3.05) is 14.1 Å². The zero-order valence-electron chi connectivity index (χ0n) is 17.1. The van der Waals surface area contributed by atoms with Crippen LogP contribution in [-0.2, 0) is 11.0 Å². The molecule has 1 amide bonds. The molecule has 1 aromatic carbocycles. The molecule has 1 aliphatic rings. The molecule has 0 radical (unpaired) electrons. The Kier molecular flexibility index (Phi) is 6.71. The van der Waals surface area contributed by atoms with Crippen molar-refractivity contribution in [3.8, 4) is 0 Å². The lowest BCUT2D eigenvalue weighted by Gasteiger charge is -2.40. The van der Waals surface area contributed by atoms with Gasteiger partial charge in [0.25, 0.3) is 5.91 Å². The second-order valence-corrected chi connectivity index (χ2v) is 7.20. The lowest BCUT2D eigenvalue weighted by atomic mass is 10.0. The molecule has 158 valence electrons. The number of nitrogens with one attached hydrogen (secondary N) is 1. The molecule has 0 fully saturated rings. The number of amidine groups is 1. The minimum atomic E-state index is -4.41. The number of hydrogen-bond donors (Lipinski definition) is 2. The Hall–Kier alpha value is -2.84. The smallest absolute Gasteiger partial charge is 0.402 e. The molecular weight excluding hydrogens is 383 g/mol. The van der Waals surface area contributed by atoms with Gasteiger partial charge in [-0.25, -0.2) is 4.99 Å². The van der Waals surface area contributed by atoms with Gasteiger partial charge in [-0.15, -0.1) is 0 Å². The van der Waals surface area contributed by atoms with Crippen molar-refractivity contribution in [2.24, 2.45) is 21.6 Å². The molecule has 0 aromatic heterocycles. The number of alkyl halides is 3. The van der Waals surface area contributed by atoms with E-state index in [4.69, 9.17) is 5.73 Å². The number of likely N-dealkylation sites (N-methyl/N-ethyl adjacent to an activating group) is 1. The molecule has 6 nitrogen and oxygen atoms in total. The van der Waals surface area contributed by atoms with Gasteiger partial charge in [-0.1, -0.05) is 26.0 Å². The normalized spacial score (nSPS) is 19.0. The Morgan fingerprint density at radius 2 is 2.00 bits per heavy atom. The summed E-state index contributed by atoms with van der Waals surface area (Å²) in [6.07, 6.45) is -3.40. The number of carbonyl (C=O) groups excluding carboxylic acids is 1. The molecule has 3 N–H and O–H groups in total. The third-order valence-electron chi connectivity index (χ3n) is 4.67. The summed E-state index contributed by atoms with van der Waals surface area (Å²) in [6.45, 7) is 5.57. The number of carbonyl (C=O) groups is 1. The van der Waals surface area contributed by atoms with E-state index in [9.17, 15) is 18.0 Å². The number of benzene rings is 1. The van der Waals surface area contributed by atoms with Gasteiger partial charge in [-0.05, 0) is 36.6 Å². The summed E-state index contributed by atoms with van der Waals surface area (Å²) in [5.41, 5.74) is 6.35. The molecule has 1 heterocycles. The van der Waals surface area contributed by atoms with Crippen LogP contribution in [0.25, 0.3) is 0 Å². The van der Waals surface area contributed by atoms with Crippen LogP contribution in [0.15, 0.2) is 46.0 Å². The molecule has 2 rings (SSSR count). The molecule has 0 saturated carbocycles. The van der Waals surface area contributed by atoms with E-state index in [0.29, 0.717) is 17.1 Å². The minimum Gasteiger partial charge on any atom is -0.402 e. The number of halogens is 3. The van der Waals surface area contributed by atoms with Crippen molar-refractivity contribution in [2.45, 2.75) is 39.2 Å². The SMILES string of the molecule is CN=C(/C=C(\N)C(C)C)C(=O)NC(C)C1=NC(c2cccc(C(F)(F)F)c2)N1C. The van der Waals surface area contributed by atoms with Crippen LogP contribution < -0.4 is 11.1 Å². The molecule has 2 atom stereocenters. The third kappa shape index (κ3) is 5.16. The van der Waals surface area contributed by atoms with E-state index >= 15 is 0 Å². The van der Waals surface area contributed by atoms with E-state index in [0.717, 1.165) is 12.1 Å². The first-order chi connectivity index (χ1) is 13.5. The average Bonchev–Trinajstić information content (AvgIpc) is 2.63. The van der Waals surface area contributed by atoms with E-state index in [1.54, 1.807) is 24.9 Å². The Labute approximate surface area is 168 Å². The van der Waals surface area contributed by atoms with Crippen LogP contribution in [-0.4, -0.2) is 42.5 Å². The zero-order chi connectivity index (χ0) is 21.9. The summed E-state index contributed by atoms with van der Waals surface area (Å²) in [7, 11) is 3.22. The van der Waals surface area contributed by atoms with Gasteiger partial charge in [0.1, 0.15) is 17.7 Å². The standard InChI is InChI=1S/C20H26F3N5O/c1-11(2)15(24)10-16(25-4)19(29)26-12(3)17-27-18(28(17)5)13-7-6-8-14(9-13)20(21,22)23/h6-12,18H,24H2,1-5H3,(H,26,29)/b15-10-,25-16?. The lowest BCUT2D eigenvalue weighted by Crippen LogP contribution is -2.53. The molecule has 1 aromatic rings. The molecule has 29 heavy (non-hydrogen) atoms. The fourth-order valence-electron chi connectivity index (χ4n) is 2.85. The second-order valence-electron chi connectivity index (χ2n) is 7.20. The van der Waals surface area contributed by atoms with E-state index < -0.39 is 29.9 Å². The van der Waals surface area contributed by atoms with Gasteiger partial charge in [-0.3, -0.25) is 9.79 Å². The maximum absolute atomic E-state index is 12.9. The summed E-state index contributed by atoms with van der Waals surface area (Å²) in [5.74, 6) is 0.242. The Morgan fingerprint density at radius 3 is 2.52 bits per heavy atom. The fourth-order valence-corrected chi connectivity index (χ4v) is 2.85. The maximum Gasteiger partial charge on any atom is 0.416 e. The number of amides is 1. The quantitative estimate of drug-likeness (QED) is 0.708. The van der Waals surface area contributed by atoms with Crippen molar-refractivity contribution in [3.05, 3.63) is 47.2 Å². The summed E-state index contributed by atoms with van der Waals surface area (Å²) >= 11 is 0. The zero-order valence-corrected chi connectivity index (χ0v) is 17.1. The van der Waals surface area contributed by atoms with Crippen LogP contribution in [0.3, 0.4) is 0 Å². The van der Waals surface area contributed by atoms with E-state index in [2.05, 4.69) is 15.3 Å². The predicted molar refractivity (Wildman–Crippen MR) is 107 cm³/mol. The van der Waals surface area contributed by atoms with Crippen molar-refractivity contribution in [1.29, 1.82) is 0 Å². The first-order valence-corrected chi connectivity index (χ1v) is 9.18. The fraction of sp³-hybridized carbons (Fsp3) is 0.450.